The van der Waals surface area contributed by atoms with Crippen molar-refractivity contribution < 1.29 is 19.4 Å². The van der Waals surface area contributed by atoms with Crippen molar-refractivity contribution >= 4 is 17.6 Å². The lowest BCUT2D eigenvalue weighted by molar-refractivity contribution is -0.313. The Morgan fingerprint density at radius 2 is 1.85 bits per heavy atom. The smallest absolute Gasteiger partial charge is 0.230 e. The highest BCUT2D eigenvalue weighted by molar-refractivity contribution is 5.96. The molecule has 2 aliphatic rings. The van der Waals surface area contributed by atoms with Gasteiger partial charge >= 0.3 is 0 Å². The first-order valence-electron chi connectivity index (χ1n) is 6.80. The summed E-state index contributed by atoms with van der Waals surface area (Å²) in [6.07, 6.45) is 0.752. The molecule has 2 heterocycles. The second-order valence-corrected chi connectivity index (χ2v) is 5.47. The molecule has 0 saturated carbocycles. The van der Waals surface area contributed by atoms with Crippen molar-refractivity contribution in [1.82, 2.24) is 0 Å². The Bertz CT molecular complexity index is 557. The minimum absolute atomic E-state index is 0.291. The van der Waals surface area contributed by atoms with Crippen LogP contribution in [-0.4, -0.2) is 24.1 Å². The van der Waals surface area contributed by atoms with Crippen LogP contribution >= 0.6 is 0 Å². The molecule has 2 bridgehead atoms. The van der Waals surface area contributed by atoms with Gasteiger partial charge in [0.2, 0.25) is 5.91 Å². The molecule has 20 heavy (non-hydrogen) atoms. The number of fused-ring (bicyclic) bond motifs is 2. The number of carbonyl (C=O) groups is 2. The number of aliphatic carboxylic acids is 1. The molecule has 1 aromatic rings. The maximum Gasteiger partial charge on any atom is 0.230 e. The van der Waals surface area contributed by atoms with Gasteiger partial charge in [-0.05, 0) is 31.4 Å². The van der Waals surface area contributed by atoms with Crippen molar-refractivity contribution in [2.24, 2.45) is 11.8 Å². The van der Waals surface area contributed by atoms with Crippen molar-refractivity contribution in [3.05, 3.63) is 29.8 Å². The van der Waals surface area contributed by atoms with Crippen LogP contribution in [0, 0.1) is 18.8 Å². The van der Waals surface area contributed by atoms with E-state index in [2.05, 4.69) is 5.32 Å². The first-order valence-corrected chi connectivity index (χ1v) is 6.80. The van der Waals surface area contributed by atoms with Gasteiger partial charge in [-0.25, -0.2) is 0 Å². The molecule has 2 saturated heterocycles. The second-order valence-electron chi connectivity index (χ2n) is 5.47. The lowest BCUT2D eigenvalue weighted by Crippen LogP contribution is -2.46. The molecule has 4 atom stereocenters. The average molecular weight is 274 g/mol. The van der Waals surface area contributed by atoms with Crippen molar-refractivity contribution in [1.29, 1.82) is 0 Å². The van der Waals surface area contributed by atoms with E-state index in [1.54, 1.807) is 6.07 Å². The summed E-state index contributed by atoms with van der Waals surface area (Å²) in [5, 5.41) is 14.1. The fraction of sp³-hybridized carbons (Fsp3) is 0.467. The summed E-state index contributed by atoms with van der Waals surface area (Å²) >= 11 is 0. The zero-order valence-electron chi connectivity index (χ0n) is 11.2. The SMILES string of the molecule is Cc1ccccc1NC(=O)[C@H]1[C@@H](C(=O)[O-])[C@H]2CC[C@@H]1O2. The number of nitrogens with one attached hydrogen (secondary N) is 1. The molecule has 0 aromatic heterocycles. The lowest BCUT2D eigenvalue weighted by Gasteiger charge is -2.27. The number of aryl methyl sites for hydroxylation is 1. The van der Waals surface area contributed by atoms with E-state index in [1.165, 1.54) is 0 Å². The van der Waals surface area contributed by atoms with Gasteiger partial charge in [-0.15, -0.1) is 0 Å². The van der Waals surface area contributed by atoms with Crippen LogP contribution < -0.4 is 10.4 Å². The van der Waals surface area contributed by atoms with E-state index in [9.17, 15) is 14.7 Å². The fourth-order valence-electron chi connectivity index (χ4n) is 3.24. The Labute approximate surface area is 116 Å². The number of carboxylic acids is 1. The van der Waals surface area contributed by atoms with Crippen LogP contribution in [0.25, 0.3) is 0 Å². The predicted octanol–water partition coefficient (Wildman–Crippen LogP) is 0.477. The zero-order chi connectivity index (χ0) is 14.3. The highest BCUT2D eigenvalue weighted by atomic mass is 16.5. The van der Waals surface area contributed by atoms with Crippen molar-refractivity contribution in [3.8, 4) is 0 Å². The van der Waals surface area contributed by atoms with Crippen molar-refractivity contribution in [2.75, 3.05) is 5.32 Å². The van der Waals surface area contributed by atoms with E-state index in [0.29, 0.717) is 12.1 Å². The quantitative estimate of drug-likeness (QED) is 0.869. The van der Waals surface area contributed by atoms with Gasteiger partial charge in [0, 0.05) is 17.6 Å². The number of anilines is 1. The first kappa shape index (κ1) is 13.1. The van der Waals surface area contributed by atoms with Gasteiger partial charge in [0.25, 0.3) is 0 Å². The third kappa shape index (κ3) is 2.08. The van der Waals surface area contributed by atoms with Crippen LogP contribution in [0.4, 0.5) is 5.69 Å². The van der Waals surface area contributed by atoms with Crippen LogP contribution in [0.1, 0.15) is 18.4 Å². The monoisotopic (exact) mass is 274 g/mol. The minimum atomic E-state index is -1.19. The lowest BCUT2D eigenvalue weighted by atomic mass is 9.78. The number of rotatable bonds is 3. The Hall–Kier alpha value is -1.88. The molecule has 5 nitrogen and oxygen atoms in total. The number of hydrogen-bond acceptors (Lipinski definition) is 4. The van der Waals surface area contributed by atoms with E-state index in [1.807, 2.05) is 25.1 Å². The molecule has 5 heteroatoms. The number of hydrogen-bond donors (Lipinski definition) is 1. The summed E-state index contributed by atoms with van der Waals surface area (Å²) in [6.45, 7) is 1.89. The predicted molar refractivity (Wildman–Crippen MR) is 69.7 cm³/mol. The molecule has 1 amide bonds. The molecule has 0 spiro atoms. The van der Waals surface area contributed by atoms with Gasteiger partial charge in [-0.1, -0.05) is 18.2 Å². The van der Waals surface area contributed by atoms with Crippen molar-refractivity contribution in [3.63, 3.8) is 0 Å². The number of benzene rings is 1. The molecule has 2 aliphatic heterocycles. The van der Waals surface area contributed by atoms with E-state index in [-0.39, 0.29) is 18.1 Å². The Morgan fingerprint density at radius 1 is 1.20 bits per heavy atom. The highest BCUT2D eigenvalue weighted by Gasteiger charge is 2.52. The van der Waals surface area contributed by atoms with E-state index in [0.717, 1.165) is 12.0 Å². The van der Waals surface area contributed by atoms with Gasteiger partial charge in [0.05, 0.1) is 18.1 Å². The molecule has 106 valence electrons. The molecular weight excluding hydrogens is 258 g/mol. The van der Waals surface area contributed by atoms with Crippen LogP contribution in [0.15, 0.2) is 24.3 Å². The summed E-state index contributed by atoms with van der Waals surface area (Å²) < 4.78 is 5.57. The van der Waals surface area contributed by atoms with Gasteiger partial charge < -0.3 is 20.0 Å². The van der Waals surface area contributed by atoms with Gasteiger partial charge in [-0.2, -0.15) is 0 Å². The van der Waals surface area contributed by atoms with Crippen LogP contribution in [0.5, 0.6) is 0 Å². The zero-order valence-corrected chi connectivity index (χ0v) is 11.2. The maximum absolute atomic E-state index is 12.4. The number of para-hydroxylation sites is 1. The van der Waals surface area contributed by atoms with Crippen LogP contribution in [0.3, 0.4) is 0 Å². The van der Waals surface area contributed by atoms with E-state index in [4.69, 9.17) is 4.74 Å². The first-order chi connectivity index (χ1) is 9.58. The standard InChI is InChI=1S/C15H17NO4/c1-8-4-2-3-5-9(8)16-14(17)12-10-6-7-11(20-10)13(12)15(18)19/h2-5,10-13H,6-7H2,1H3,(H,16,17)(H,18,19)/p-1/t10-,11+,12+,13-/m0/s1. The molecular formula is C15H16NO4-. The van der Waals surface area contributed by atoms with Gasteiger partial charge in [-0.3, -0.25) is 4.79 Å². The Morgan fingerprint density at radius 3 is 2.50 bits per heavy atom. The molecule has 1 N–H and O–H groups in total. The molecule has 0 radical (unpaired) electrons. The molecule has 0 aliphatic carbocycles. The number of carbonyl (C=O) groups excluding carboxylic acids is 2. The Kier molecular flexibility index (Phi) is 3.22. The summed E-state index contributed by atoms with van der Waals surface area (Å²) in [5.74, 6) is -2.97. The number of ether oxygens (including phenoxy) is 1. The average Bonchev–Trinajstić information content (AvgIpc) is 3.01. The van der Waals surface area contributed by atoms with E-state index >= 15 is 0 Å². The Balaban J connectivity index is 1.80. The molecule has 2 fully saturated rings. The normalized spacial score (nSPS) is 31.2. The van der Waals surface area contributed by atoms with Crippen LogP contribution in [-0.2, 0) is 14.3 Å². The number of carboxylic acid groups (broad SMARTS) is 1. The third-order valence-corrected chi connectivity index (χ3v) is 4.25. The molecule has 3 rings (SSSR count). The fourth-order valence-corrected chi connectivity index (χ4v) is 3.24. The van der Waals surface area contributed by atoms with E-state index < -0.39 is 17.8 Å². The summed E-state index contributed by atoms with van der Waals surface area (Å²) in [6, 6.07) is 7.41. The molecule has 1 aromatic carbocycles. The second kappa shape index (κ2) is 4.90. The van der Waals surface area contributed by atoms with Gasteiger partial charge in [0.15, 0.2) is 0 Å². The number of amides is 1. The summed E-state index contributed by atoms with van der Waals surface area (Å²) in [4.78, 5) is 23.6. The largest absolute Gasteiger partial charge is 0.550 e. The highest BCUT2D eigenvalue weighted by Crippen LogP contribution is 2.43. The summed E-state index contributed by atoms with van der Waals surface area (Å²) in [5.41, 5.74) is 1.65. The van der Waals surface area contributed by atoms with Gasteiger partial charge in [0.1, 0.15) is 0 Å². The minimum Gasteiger partial charge on any atom is -0.550 e. The topological polar surface area (TPSA) is 78.5 Å². The third-order valence-electron chi connectivity index (χ3n) is 4.25. The maximum atomic E-state index is 12.4. The summed E-state index contributed by atoms with van der Waals surface area (Å²) in [7, 11) is 0. The molecule has 0 unspecified atom stereocenters. The van der Waals surface area contributed by atoms with Crippen molar-refractivity contribution in [2.45, 2.75) is 32.0 Å². The van der Waals surface area contributed by atoms with Crippen LogP contribution in [0.2, 0.25) is 0 Å².